The standard InChI is InChI=1S/C19H20N4O2.ClH/c1-22-12-16(23-11-5-3-7-18(23)24)15-8-9-17(21-19(15)22)25-13-14-6-2-4-10-20-14;/h2,4,6,8-10,12H,3,5,7,11,13H2,1H3;1H. The second-order valence-electron chi connectivity index (χ2n) is 6.26. The van der Waals surface area contributed by atoms with Crippen LogP contribution in [0.15, 0.2) is 42.7 Å². The minimum Gasteiger partial charge on any atom is -0.471 e. The molecule has 0 N–H and O–H groups in total. The number of carbonyl (C=O) groups excluding carboxylic acids is 1. The molecule has 0 aliphatic carbocycles. The Morgan fingerprint density at radius 3 is 2.85 bits per heavy atom. The van der Waals surface area contributed by atoms with Gasteiger partial charge in [0.1, 0.15) is 12.3 Å². The molecule has 0 atom stereocenters. The molecule has 1 fully saturated rings. The van der Waals surface area contributed by atoms with E-state index in [1.54, 1.807) is 6.20 Å². The monoisotopic (exact) mass is 372 g/mol. The summed E-state index contributed by atoms with van der Waals surface area (Å²) in [6, 6.07) is 9.56. The molecule has 3 aromatic heterocycles. The van der Waals surface area contributed by atoms with Gasteiger partial charge in [-0.3, -0.25) is 9.78 Å². The first-order valence-corrected chi connectivity index (χ1v) is 8.51. The van der Waals surface area contributed by atoms with E-state index in [9.17, 15) is 4.79 Å². The van der Waals surface area contributed by atoms with E-state index in [4.69, 9.17) is 4.74 Å². The number of pyridine rings is 2. The number of anilines is 1. The molecule has 1 aliphatic rings. The molecule has 0 radical (unpaired) electrons. The van der Waals surface area contributed by atoms with E-state index in [2.05, 4.69) is 9.97 Å². The Morgan fingerprint density at radius 2 is 2.08 bits per heavy atom. The highest BCUT2D eigenvalue weighted by molar-refractivity contribution is 6.03. The van der Waals surface area contributed by atoms with Crippen molar-refractivity contribution in [3.63, 3.8) is 0 Å². The van der Waals surface area contributed by atoms with Gasteiger partial charge >= 0.3 is 0 Å². The summed E-state index contributed by atoms with van der Waals surface area (Å²) in [7, 11) is 1.94. The number of fused-ring (bicyclic) bond motifs is 1. The quantitative estimate of drug-likeness (QED) is 0.703. The maximum absolute atomic E-state index is 12.2. The lowest BCUT2D eigenvalue weighted by Crippen LogP contribution is -2.35. The van der Waals surface area contributed by atoms with Crippen LogP contribution in [-0.2, 0) is 18.4 Å². The third-order valence-corrected chi connectivity index (χ3v) is 4.48. The number of hydrogen-bond acceptors (Lipinski definition) is 4. The number of aryl methyl sites for hydroxylation is 1. The molecule has 0 bridgehead atoms. The van der Waals surface area contributed by atoms with Crippen molar-refractivity contribution in [3.8, 4) is 5.88 Å². The van der Waals surface area contributed by atoms with Crippen molar-refractivity contribution < 1.29 is 9.53 Å². The average Bonchev–Trinajstić information content (AvgIpc) is 2.97. The van der Waals surface area contributed by atoms with Gasteiger partial charge in [-0.1, -0.05) is 6.07 Å². The first-order chi connectivity index (χ1) is 12.2. The highest BCUT2D eigenvalue weighted by atomic mass is 35.5. The van der Waals surface area contributed by atoms with Crippen molar-refractivity contribution in [3.05, 3.63) is 48.4 Å². The summed E-state index contributed by atoms with van der Waals surface area (Å²) in [5.41, 5.74) is 2.61. The Labute approximate surface area is 158 Å². The predicted molar refractivity (Wildman–Crippen MR) is 103 cm³/mol. The maximum atomic E-state index is 12.2. The number of nitrogens with zero attached hydrogens (tertiary/aromatic N) is 4. The van der Waals surface area contributed by atoms with Crippen molar-refractivity contribution in [2.24, 2.45) is 7.05 Å². The molecule has 0 saturated carbocycles. The minimum atomic E-state index is 0. The SMILES string of the molecule is Cl.Cn1cc(N2CCCCC2=O)c2ccc(OCc3ccccn3)nc21. The largest absolute Gasteiger partial charge is 0.471 e. The van der Waals surface area contributed by atoms with Gasteiger partial charge in [-0.15, -0.1) is 12.4 Å². The Hall–Kier alpha value is -2.60. The van der Waals surface area contributed by atoms with Gasteiger partial charge in [0, 0.05) is 43.9 Å². The fourth-order valence-electron chi connectivity index (χ4n) is 3.20. The van der Waals surface area contributed by atoms with Crippen LogP contribution in [-0.4, -0.2) is 27.0 Å². The predicted octanol–water partition coefficient (Wildman–Crippen LogP) is 3.49. The summed E-state index contributed by atoms with van der Waals surface area (Å²) in [6.45, 7) is 1.15. The first kappa shape index (κ1) is 18.2. The highest BCUT2D eigenvalue weighted by Gasteiger charge is 2.23. The lowest BCUT2D eigenvalue weighted by atomic mass is 10.1. The molecule has 6 nitrogen and oxygen atoms in total. The normalized spacial score (nSPS) is 14.3. The molecule has 1 aliphatic heterocycles. The van der Waals surface area contributed by atoms with Gasteiger partial charge in [-0.2, -0.15) is 4.98 Å². The van der Waals surface area contributed by atoms with Crippen LogP contribution in [0.2, 0.25) is 0 Å². The molecule has 0 unspecified atom stereocenters. The Bertz CT molecular complexity index is 911. The van der Waals surface area contributed by atoms with E-state index in [-0.39, 0.29) is 18.3 Å². The van der Waals surface area contributed by atoms with E-state index in [1.165, 1.54) is 0 Å². The topological polar surface area (TPSA) is 60.2 Å². The number of amides is 1. The molecule has 7 heteroatoms. The molecule has 136 valence electrons. The Balaban J connectivity index is 0.00000196. The van der Waals surface area contributed by atoms with Crippen LogP contribution in [0.3, 0.4) is 0 Å². The molecule has 1 saturated heterocycles. The van der Waals surface area contributed by atoms with Gasteiger partial charge in [-0.25, -0.2) is 0 Å². The highest BCUT2D eigenvalue weighted by Crippen LogP contribution is 2.31. The van der Waals surface area contributed by atoms with Crippen molar-refractivity contribution in [1.82, 2.24) is 14.5 Å². The third kappa shape index (κ3) is 3.51. The molecule has 26 heavy (non-hydrogen) atoms. The number of rotatable bonds is 4. The van der Waals surface area contributed by atoms with Crippen LogP contribution in [0.25, 0.3) is 11.0 Å². The number of halogens is 1. The second kappa shape index (κ2) is 7.74. The number of carbonyl (C=O) groups is 1. The molecule has 0 aromatic carbocycles. The summed E-state index contributed by atoms with van der Waals surface area (Å²) in [6.07, 6.45) is 6.36. The minimum absolute atomic E-state index is 0. The number of aromatic nitrogens is 3. The van der Waals surface area contributed by atoms with Gasteiger partial charge in [-0.05, 0) is 31.0 Å². The van der Waals surface area contributed by atoms with Crippen LogP contribution in [0.1, 0.15) is 25.0 Å². The first-order valence-electron chi connectivity index (χ1n) is 8.51. The van der Waals surface area contributed by atoms with E-state index >= 15 is 0 Å². The van der Waals surface area contributed by atoms with Gasteiger partial charge in [0.05, 0.1) is 11.4 Å². The zero-order chi connectivity index (χ0) is 17.2. The molecule has 1 amide bonds. The average molecular weight is 373 g/mol. The number of ether oxygens (including phenoxy) is 1. The Morgan fingerprint density at radius 1 is 1.19 bits per heavy atom. The van der Waals surface area contributed by atoms with Crippen molar-refractivity contribution >= 4 is 35.0 Å². The molecule has 4 heterocycles. The van der Waals surface area contributed by atoms with Crippen LogP contribution >= 0.6 is 12.4 Å². The summed E-state index contributed by atoms with van der Waals surface area (Å²) in [5.74, 6) is 0.741. The molecular weight excluding hydrogens is 352 g/mol. The van der Waals surface area contributed by atoms with Crippen molar-refractivity contribution in [1.29, 1.82) is 0 Å². The fraction of sp³-hybridized carbons (Fsp3) is 0.316. The van der Waals surface area contributed by atoms with E-state index in [1.807, 2.05) is 53.0 Å². The third-order valence-electron chi connectivity index (χ3n) is 4.48. The smallest absolute Gasteiger partial charge is 0.227 e. The van der Waals surface area contributed by atoms with Crippen molar-refractivity contribution in [2.75, 3.05) is 11.4 Å². The summed E-state index contributed by atoms with van der Waals surface area (Å²) in [4.78, 5) is 23.0. The molecule has 0 spiro atoms. The lowest BCUT2D eigenvalue weighted by Gasteiger charge is -2.26. The molecular formula is C19H21ClN4O2. The molecule has 3 aromatic rings. The van der Waals surface area contributed by atoms with E-state index in [0.717, 1.165) is 41.8 Å². The van der Waals surface area contributed by atoms with Crippen LogP contribution in [0.5, 0.6) is 5.88 Å². The second-order valence-corrected chi connectivity index (χ2v) is 6.26. The maximum Gasteiger partial charge on any atom is 0.227 e. The number of hydrogen-bond donors (Lipinski definition) is 0. The van der Waals surface area contributed by atoms with Gasteiger partial charge < -0.3 is 14.2 Å². The van der Waals surface area contributed by atoms with Gasteiger partial charge in [0.25, 0.3) is 0 Å². The van der Waals surface area contributed by atoms with E-state index < -0.39 is 0 Å². The van der Waals surface area contributed by atoms with Gasteiger partial charge in [0.2, 0.25) is 11.8 Å². The lowest BCUT2D eigenvalue weighted by molar-refractivity contribution is -0.119. The zero-order valence-electron chi connectivity index (χ0n) is 14.6. The summed E-state index contributed by atoms with van der Waals surface area (Å²) in [5, 5.41) is 0.975. The summed E-state index contributed by atoms with van der Waals surface area (Å²) < 4.78 is 7.71. The van der Waals surface area contributed by atoms with Crippen LogP contribution in [0.4, 0.5) is 5.69 Å². The molecule has 4 rings (SSSR count). The number of piperidine rings is 1. The van der Waals surface area contributed by atoms with E-state index in [0.29, 0.717) is 18.9 Å². The Kier molecular flexibility index (Phi) is 5.42. The van der Waals surface area contributed by atoms with Crippen LogP contribution in [0, 0.1) is 0 Å². The van der Waals surface area contributed by atoms with Crippen molar-refractivity contribution in [2.45, 2.75) is 25.9 Å². The van der Waals surface area contributed by atoms with Crippen LogP contribution < -0.4 is 9.64 Å². The fourth-order valence-corrected chi connectivity index (χ4v) is 3.20. The zero-order valence-corrected chi connectivity index (χ0v) is 15.4. The summed E-state index contributed by atoms with van der Waals surface area (Å²) >= 11 is 0. The van der Waals surface area contributed by atoms with Gasteiger partial charge in [0.15, 0.2) is 0 Å².